The maximum absolute atomic E-state index is 7.07. The van der Waals surface area contributed by atoms with Gasteiger partial charge in [0.2, 0.25) is 0 Å². The molecule has 0 amide bonds. The molecule has 20 heavy (non-hydrogen) atoms. The fourth-order valence-corrected chi connectivity index (χ4v) is 6.96. The van der Waals surface area contributed by atoms with E-state index in [0.717, 1.165) is 19.3 Å². The first-order valence-electron chi connectivity index (χ1n) is 8.06. The lowest BCUT2D eigenvalue weighted by molar-refractivity contribution is -0.0148. The van der Waals surface area contributed by atoms with Gasteiger partial charge in [0.05, 0.1) is 28.4 Å². The van der Waals surface area contributed by atoms with Gasteiger partial charge in [-0.1, -0.05) is 45.0 Å². The summed E-state index contributed by atoms with van der Waals surface area (Å²) in [6.45, 7) is 14.5. The highest BCUT2D eigenvalue weighted by molar-refractivity contribution is 6.86. The molecule has 2 heterocycles. The van der Waals surface area contributed by atoms with Crippen LogP contribution in [0.25, 0.3) is 0 Å². The molecular weight excluding hydrogens is 300 g/mol. The van der Waals surface area contributed by atoms with E-state index in [1.165, 1.54) is 12.8 Å². The molecule has 1 unspecified atom stereocenters. The molecule has 116 valence electrons. The Hall–Kier alpha value is 0.424. The summed E-state index contributed by atoms with van der Waals surface area (Å²) in [6.07, 6.45) is 6.49. The van der Waals surface area contributed by atoms with Crippen LogP contribution in [0.1, 0.15) is 32.1 Å². The van der Waals surface area contributed by atoms with Crippen molar-refractivity contribution in [1.29, 1.82) is 0 Å². The third kappa shape index (κ3) is 3.79. The van der Waals surface area contributed by atoms with Crippen LogP contribution in [-0.2, 0) is 4.74 Å². The molecule has 0 saturated carbocycles. The number of ether oxygens (including phenoxy) is 1. The van der Waals surface area contributed by atoms with E-state index in [9.17, 15) is 0 Å². The topological polar surface area (TPSA) is 9.23 Å². The van der Waals surface area contributed by atoms with Crippen molar-refractivity contribution in [2.24, 2.45) is 0 Å². The maximum Gasteiger partial charge on any atom is 0.0785 e. The molecule has 0 aromatic carbocycles. The number of hydrogen-bond acceptors (Lipinski definition) is 1. The molecule has 2 aliphatic rings. The van der Waals surface area contributed by atoms with Gasteiger partial charge in [-0.05, 0) is 37.7 Å². The lowest BCUT2D eigenvalue weighted by Crippen LogP contribution is -2.49. The third-order valence-corrected chi connectivity index (χ3v) is 11.3. The van der Waals surface area contributed by atoms with Gasteiger partial charge in [-0.25, -0.2) is 0 Å². The molecule has 0 aromatic heterocycles. The summed E-state index contributed by atoms with van der Waals surface area (Å²) in [6, 6.07) is 0. The average Bonchev–Trinajstić information content (AvgIpc) is 2.39. The van der Waals surface area contributed by atoms with Crippen LogP contribution in [-0.4, -0.2) is 32.9 Å². The minimum Gasteiger partial charge on any atom is -0.371 e. The highest BCUT2D eigenvalue weighted by Crippen LogP contribution is 2.45. The van der Waals surface area contributed by atoms with Crippen molar-refractivity contribution < 1.29 is 4.74 Å². The molecular formula is C16H31ClOSi2. The lowest BCUT2D eigenvalue weighted by Gasteiger charge is -2.39. The van der Waals surface area contributed by atoms with Crippen LogP contribution in [0.15, 0.2) is 11.3 Å². The van der Waals surface area contributed by atoms with Crippen LogP contribution in [0.2, 0.25) is 39.3 Å². The smallest absolute Gasteiger partial charge is 0.0785 e. The first-order chi connectivity index (χ1) is 9.00. The van der Waals surface area contributed by atoms with E-state index in [-0.39, 0.29) is 4.50 Å². The van der Waals surface area contributed by atoms with Crippen molar-refractivity contribution >= 4 is 27.7 Å². The largest absolute Gasteiger partial charge is 0.371 e. The molecule has 2 aliphatic heterocycles. The van der Waals surface area contributed by atoms with Crippen LogP contribution in [0.4, 0.5) is 0 Å². The first kappa shape index (κ1) is 16.8. The molecule has 0 aliphatic carbocycles. The zero-order chi connectivity index (χ0) is 15.2. The predicted molar refractivity (Wildman–Crippen MR) is 95.1 cm³/mol. The summed E-state index contributed by atoms with van der Waals surface area (Å²) in [7, 11) is -2.52. The lowest BCUT2D eigenvalue weighted by atomic mass is 9.98. The molecule has 0 aromatic rings. The second-order valence-corrected chi connectivity index (χ2v) is 20.3. The molecule has 0 N–H and O–H groups in total. The van der Waals surface area contributed by atoms with E-state index in [4.69, 9.17) is 16.3 Å². The average molecular weight is 331 g/mol. The first-order valence-corrected chi connectivity index (χ1v) is 15.5. The Morgan fingerprint density at radius 3 is 2.35 bits per heavy atom. The number of rotatable bonds is 2. The Morgan fingerprint density at radius 1 is 1.15 bits per heavy atom. The van der Waals surface area contributed by atoms with Gasteiger partial charge in [0.1, 0.15) is 0 Å². The summed E-state index contributed by atoms with van der Waals surface area (Å²) in [5.41, 5.74) is 4.15. The molecule has 0 spiro atoms. The summed E-state index contributed by atoms with van der Waals surface area (Å²) in [5.74, 6) is 0. The molecule has 3 atom stereocenters. The molecule has 4 heteroatoms. The Bertz CT molecular complexity index is 394. The molecule has 2 rings (SSSR count). The Kier molecular flexibility index (Phi) is 4.67. The normalized spacial score (nSPS) is 37.9. The number of hydrogen-bond donors (Lipinski definition) is 0. The van der Waals surface area contributed by atoms with E-state index in [2.05, 4.69) is 45.0 Å². The van der Waals surface area contributed by atoms with Crippen LogP contribution in [0.5, 0.6) is 0 Å². The van der Waals surface area contributed by atoms with Crippen LogP contribution in [0.3, 0.4) is 0 Å². The highest BCUT2D eigenvalue weighted by atomic mass is 35.5. The van der Waals surface area contributed by atoms with Gasteiger partial charge >= 0.3 is 0 Å². The third-order valence-electron chi connectivity index (χ3n) is 4.84. The van der Waals surface area contributed by atoms with Crippen molar-refractivity contribution in [3.63, 3.8) is 0 Å². The maximum atomic E-state index is 7.07. The van der Waals surface area contributed by atoms with E-state index in [0.29, 0.717) is 12.2 Å². The van der Waals surface area contributed by atoms with Crippen molar-refractivity contribution in [1.82, 2.24) is 0 Å². The fraction of sp³-hybridized carbons (Fsp3) is 0.875. The second-order valence-electron chi connectivity index (χ2n) is 8.83. The van der Waals surface area contributed by atoms with Crippen molar-refractivity contribution in [3.8, 4) is 0 Å². The molecule has 2 fully saturated rings. The van der Waals surface area contributed by atoms with Gasteiger partial charge in [-0.15, -0.1) is 11.6 Å². The Morgan fingerprint density at radius 2 is 1.80 bits per heavy atom. The quantitative estimate of drug-likeness (QED) is 0.488. The number of alkyl halides is 1. The minimum absolute atomic E-state index is 0.0288. The monoisotopic (exact) mass is 330 g/mol. The SMILES string of the molecule is C[Si](C)(C)/C=C1\CC[C@H]2CC(Cl)([Si](C)(C)C)CC[C@@H]1O2. The predicted octanol–water partition coefficient (Wildman–Crippen LogP) is 5.38. The standard InChI is InChI=1S/C16H31ClOSi2/c1-19(2,3)12-13-7-8-14-11-16(17,20(4,5)6)10-9-15(13)18-14/h12,14-15H,7-11H2,1-6H3/b13-12+/t14-,15-,16?/m0/s1. The summed E-state index contributed by atoms with van der Waals surface area (Å²) in [4.78, 5) is 0. The van der Waals surface area contributed by atoms with Gasteiger partial charge in [0.15, 0.2) is 0 Å². The second kappa shape index (κ2) is 5.56. The van der Waals surface area contributed by atoms with Crippen LogP contribution >= 0.6 is 11.6 Å². The van der Waals surface area contributed by atoms with Crippen LogP contribution in [0, 0.1) is 0 Å². The Labute approximate surface area is 132 Å². The minimum atomic E-state index is -1.37. The van der Waals surface area contributed by atoms with E-state index in [1.54, 1.807) is 5.57 Å². The van der Waals surface area contributed by atoms with Crippen molar-refractivity contribution in [3.05, 3.63) is 11.3 Å². The van der Waals surface area contributed by atoms with Gasteiger partial charge in [-0.2, -0.15) is 0 Å². The van der Waals surface area contributed by atoms with E-state index in [1.807, 2.05) is 0 Å². The van der Waals surface area contributed by atoms with Gasteiger partial charge in [-0.3, -0.25) is 0 Å². The fourth-order valence-electron chi connectivity index (χ4n) is 3.51. The molecule has 1 nitrogen and oxygen atoms in total. The van der Waals surface area contributed by atoms with Crippen molar-refractivity contribution in [2.45, 2.75) is 88.1 Å². The van der Waals surface area contributed by atoms with E-state index >= 15 is 0 Å². The summed E-state index contributed by atoms with van der Waals surface area (Å²) in [5, 5.41) is 0. The molecule has 2 bridgehead atoms. The molecule has 2 saturated heterocycles. The number of halogens is 1. The summed E-state index contributed by atoms with van der Waals surface area (Å²) < 4.78 is 6.42. The zero-order valence-corrected chi connectivity index (χ0v) is 16.8. The van der Waals surface area contributed by atoms with Crippen LogP contribution < -0.4 is 0 Å². The highest BCUT2D eigenvalue weighted by Gasteiger charge is 2.47. The number of fused-ring (bicyclic) bond motifs is 2. The summed E-state index contributed by atoms with van der Waals surface area (Å²) >= 11 is 7.07. The van der Waals surface area contributed by atoms with Crippen molar-refractivity contribution in [2.75, 3.05) is 0 Å². The molecule has 0 radical (unpaired) electrons. The van der Waals surface area contributed by atoms with Gasteiger partial charge < -0.3 is 4.74 Å². The van der Waals surface area contributed by atoms with Gasteiger partial charge in [0, 0.05) is 4.50 Å². The zero-order valence-electron chi connectivity index (χ0n) is 14.1. The van der Waals surface area contributed by atoms with E-state index < -0.39 is 16.1 Å². The Balaban J connectivity index is 2.20. The van der Waals surface area contributed by atoms with Gasteiger partial charge in [0.25, 0.3) is 0 Å².